The molecule has 4 nitrogen and oxygen atoms in total. The van der Waals surface area contributed by atoms with Crippen LogP contribution in [0.3, 0.4) is 0 Å². The van der Waals surface area contributed by atoms with Crippen LogP contribution in [0, 0.1) is 5.41 Å². The van der Waals surface area contributed by atoms with Gasteiger partial charge in [0.15, 0.2) is 11.5 Å². The summed E-state index contributed by atoms with van der Waals surface area (Å²) in [5.74, 6) is 1.62. The fraction of sp³-hybridized carbons (Fsp3) is 0.571. The zero-order valence-corrected chi connectivity index (χ0v) is 10.7. The molecule has 0 saturated heterocycles. The van der Waals surface area contributed by atoms with Gasteiger partial charge in [0, 0.05) is 24.7 Å². The summed E-state index contributed by atoms with van der Waals surface area (Å²) < 4.78 is 10.5. The number of phenols is 1. The Kier molecular flexibility index (Phi) is 2.82. The molecular weight excluding hydrogens is 230 g/mol. The molecular formula is C14H19NO3. The molecule has 1 aromatic carbocycles. The van der Waals surface area contributed by atoms with Crippen molar-refractivity contribution in [1.29, 1.82) is 0 Å². The van der Waals surface area contributed by atoms with E-state index in [9.17, 15) is 5.11 Å². The predicted octanol–water partition coefficient (Wildman–Crippen LogP) is 2.40. The highest BCUT2D eigenvalue weighted by molar-refractivity contribution is 5.51. The van der Waals surface area contributed by atoms with Crippen LogP contribution in [-0.2, 0) is 6.54 Å². The van der Waals surface area contributed by atoms with Crippen molar-refractivity contribution in [3.05, 3.63) is 17.7 Å². The quantitative estimate of drug-likeness (QED) is 0.860. The summed E-state index contributed by atoms with van der Waals surface area (Å²) in [7, 11) is 0. The Hall–Kier alpha value is -1.42. The van der Waals surface area contributed by atoms with Crippen LogP contribution in [0.5, 0.6) is 17.2 Å². The molecule has 3 rings (SSSR count). The van der Waals surface area contributed by atoms with Crippen LogP contribution < -0.4 is 14.8 Å². The Morgan fingerprint density at radius 1 is 1.28 bits per heavy atom. The van der Waals surface area contributed by atoms with Gasteiger partial charge in [0.2, 0.25) is 6.79 Å². The van der Waals surface area contributed by atoms with Crippen molar-refractivity contribution in [1.82, 2.24) is 5.32 Å². The molecule has 1 saturated carbocycles. The molecule has 1 aliphatic carbocycles. The van der Waals surface area contributed by atoms with E-state index >= 15 is 0 Å². The minimum Gasteiger partial charge on any atom is -0.507 e. The monoisotopic (exact) mass is 249 g/mol. The summed E-state index contributed by atoms with van der Waals surface area (Å²) in [4.78, 5) is 0. The number of aromatic hydroxyl groups is 1. The average Bonchev–Trinajstić information content (AvgIpc) is 2.74. The molecule has 0 spiro atoms. The number of fused-ring (bicyclic) bond motifs is 1. The Morgan fingerprint density at radius 2 is 2.00 bits per heavy atom. The van der Waals surface area contributed by atoms with Crippen LogP contribution in [0.1, 0.15) is 31.7 Å². The highest BCUT2D eigenvalue weighted by atomic mass is 16.7. The fourth-order valence-electron chi connectivity index (χ4n) is 2.57. The highest BCUT2D eigenvalue weighted by Gasteiger charge is 2.31. The SMILES string of the molecule is CC1(CNCc2cc3c(cc2O)OCO3)CCC1. The van der Waals surface area contributed by atoms with E-state index in [1.807, 2.05) is 6.07 Å². The first kappa shape index (κ1) is 11.7. The van der Waals surface area contributed by atoms with E-state index in [1.54, 1.807) is 6.07 Å². The van der Waals surface area contributed by atoms with Crippen LogP contribution >= 0.6 is 0 Å². The maximum absolute atomic E-state index is 9.90. The average molecular weight is 249 g/mol. The summed E-state index contributed by atoms with van der Waals surface area (Å²) in [6.07, 6.45) is 3.94. The molecule has 1 aliphatic heterocycles. The van der Waals surface area contributed by atoms with Gasteiger partial charge >= 0.3 is 0 Å². The highest BCUT2D eigenvalue weighted by Crippen LogP contribution is 2.40. The number of hydrogen-bond donors (Lipinski definition) is 2. The van der Waals surface area contributed by atoms with E-state index in [4.69, 9.17) is 9.47 Å². The Morgan fingerprint density at radius 3 is 2.67 bits per heavy atom. The van der Waals surface area contributed by atoms with Crippen molar-refractivity contribution in [3.8, 4) is 17.2 Å². The minimum absolute atomic E-state index is 0.240. The molecule has 0 unspecified atom stereocenters. The molecule has 0 radical (unpaired) electrons. The lowest BCUT2D eigenvalue weighted by Gasteiger charge is -2.38. The molecule has 0 amide bonds. The van der Waals surface area contributed by atoms with Crippen molar-refractivity contribution in [2.75, 3.05) is 13.3 Å². The Labute approximate surface area is 107 Å². The zero-order chi connectivity index (χ0) is 12.6. The fourth-order valence-corrected chi connectivity index (χ4v) is 2.57. The third-order valence-corrected chi connectivity index (χ3v) is 4.00. The molecule has 0 aromatic heterocycles. The summed E-state index contributed by atoms with van der Waals surface area (Å²) in [6.45, 7) is 4.21. The standard InChI is InChI=1S/C14H19NO3/c1-14(3-2-4-14)8-15-7-10-5-12-13(6-11(10)16)18-9-17-12/h5-6,15-16H,2-4,7-9H2,1H3. The number of hydrogen-bond acceptors (Lipinski definition) is 4. The predicted molar refractivity (Wildman–Crippen MR) is 67.9 cm³/mol. The molecule has 1 heterocycles. The first-order chi connectivity index (χ1) is 8.66. The molecule has 98 valence electrons. The van der Waals surface area contributed by atoms with Gasteiger partial charge < -0.3 is 19.9 Å². The Bertz CT molecular complexity index is 455. The van der Waals surface area contributed by atoms with E-state index in [0.717, 1.165) is 17.9 Å². The molecule has 4 heteroatoms. The van der Waals surface area contributed by atoms with E-state index < -0.39 is 0 Å². The molecule has 2 aliphatic rings. The third kappa shape index (κ3) is 2.12. The van der Waals surface area contributed by atoms with Crippen LogP contribution in [0.4, 0.5) is 0 Å². The number of benzene rings is 1. The minimum atomic E-state index is 0.240. The van der Waals surface area contributed by atoms with E-state index in [0.29, 0.717) is 17.7 Å². The lowest BCUT2D eigenvalue weighted by atomic mass is 9.70. The topological polar surface area (TPSA) is 50.7 Å². The Balaban J connectivity index is 1.62. The van der Waals surface area contributed by atoms with Crippen molar-refractivity contribution < 1.29 is 14.6 Å². The van der Waals surface area contributed by atoms with Crippen LogP contribution in [0.25, 0.3) is 0 Å². The lowest BCUT2D eigenvalue weighted by Crippen LogP contribution is -2.36. The van der Waals surface area contributed by atoms with E-state index in [1.165, 1.54) is 19.3 Å². The number of ether oxygens (including phenoxy) is 2. The van der Waals surface area contributed by atoms with Crippen molar-refractivity contribution >= 4 is 0 Å². The van der Waals surface area contributed by atoms with Crippen LogP contribution in [-0.4, -0.2) is 18.4 Å². The second-order valence-corrected chi connectivity index (χ2v) is 5.60. The smallest absolute Gasteiger partial charge is 0.231 e. The molecule has 0 atom stereocenters. The van der Waals surface area contributed by atoms with E-state index in [-0.39, 0.29) is 12.5 Å². The van der Waals surface area contributed by atoms with Crippen molar-refractivity contribution in [3.63, 3.8) is 0 Å². The van der Waals surface area contributed by atoms with Gasteiger partial charge in [0.1, 0.15) is 5.75 Å². The van der Waals surface area contributed by atoms with Crippen molar-refractivity contribution in [2.45, 2.75) is 32.7 Å². The second-order valence-electron chi connectivity index (χ2n) is 5.60. The first-order valence-electron chi connectivity index (χ1n) is 6.49. The first-order valence-corrected chi connectivity index (χ1v) is 6.49. The van der Waals surface area contributed by atoms with Gasteiger partial charge in [-0.05, 0) is 24.3 Å². The van der Waals surface area contributed by atoms with Gasteiger partial charge in [-0.1, -0.05) is 13.3 Å². The molecule has 1 aromatic rings. The normalized spacial score (nSPS) is 19.6. The van der Waals surface area contributed by atoms with Gasteiger partial charge in [-0.3, -0.25) is 0 Å². The molecule has 1 fully saturated rings. The van der Waals surface area contributed by atoms with Gasteiger partial charge in [-0.25, -0.2) is 0 Å². The van der Waals surface area contributed by atoms with E-state index in [2.05, 4.69) is 12.2 Å². The van der Waals surface area contributed by atoms with Crippen LogP contribution in [0.2, 0.25) is 0 Å². The van der Waals surface area contributed by atoms with Gasteiger partial charge in [-0.2, -0.15) is 0 Å². The van der Waals surface area contributed by atoms with Gasteiger partial charge in [0.05, 0.1) is 0 Å². The van der Waals surface area contributed by atoms with Crippen molar-refractivity contribution in [2.24, 2.45) is 5.41 Å². The maximum Gasteiger partial charge on any atom is 0.231 e. The van der Waals surface area contributed by atoms with Gasteiger partial charge in [-0.15, -0.1) is 0 Å². The number of phenolic OH excluding ortho intramolecular Hbond substituents is 1. The zero-order valence-electron chi connectivity index (χ0n) is 10.7. The summed E-state index contributed by atoms with van der Waals surface area (Å²) in [6, 6.07) is 3.48. The lowest BCUT2D eigenvalue weighted by molar-refractivity contribution is 0.156. The largest absolute Gasteiger partial charge is 0.507 e. The number of rotatable bonds is 4. The second kappa shape index (κ2) is 4.35. The number of nitrogens with one attached hydrogen (secondary N) is 1. The summed E-state index contributed by atoms with van der Waals surface area (Å²) in [5.41, 5.74) is 1.31. The molecule has 2 N–H and O–H groups in total. The molecule has 18 heavy (non-hydrogen) atoms. The maximum atomic E-state index is 9.90. The molecule has 0 bridgehead atoms. The van der Waals surface area contributed by atoms with Crippen LogP contribution in [0.15, 0.2) is 12.1 Å². The third-order valence-electron chi connectivity index (χ3n) is 4.00. The summed E-state index contributed by atoms with van der Waals surface area (Å²) >= 11 is 0. The summed E-state index contributed by atoms with van der Waals surface area (Å²) in [5, 5.41) is 13.3. The van der Waals surface area contributed by atoms with Gasteiger partial charge in [0.25, 0.3) is 0 Å².